The van der Waals surface area contributed by atoms with Crippen LogP contribution in [0.1, 0.15) is 45.7 Å². The number of anilines is 2. The van der Waals surface area contributed by atoms with Crippen LogP contribution in [-0.4, -0.2) is 25.0 Å². The topological polar surface area (TPSA) is 44.4 Å². The van der Waals surface area contributed by atoms with E-state index >= 15 is 0 Å². The van der Waals surface area contributed by atoms with Gasteiger partial charge in [0.2, 0.25) is 5.91 Å². The SMILES string of the molecule is CCNC1C(=O)Nc2cc(N(CC)C(C)CC)c(Br)cc21. The Morgan fingerprint density at radius 1 is 1.38 bits per heavy atom. The van der Waals surface area contributed by atoms with Crippen molar-refractivity contribution in [1.29, 1.82) is 0 Å². The first kappa shape index (κ1) is 16.3. The van der Waals surface area contributed by atoms with Gasteiger partial charge in [0.25, 0.3) is 0 Å². The number of hydrogen-bond acceptors (Lipinski definition) is 3. The summed E-state index contributed by atoms with van der Waals surface area (Å²) in [6.07, 6.45) is 1.09. The summed E-state index contributed by atoms with van der Waals surface area (Å²) in [4.78, 5) is 14.4. The summed E-state index contributed by atoms with van der Waals surface area (Å²) >= 11 is 3.68. The highest BCUT2D eigenvalue weighted by molar-refractivity contribution is 9.10. The largest absolute Gasteiger partial charge is 0.368 e. The van der Waals surface area contributed by atoms with Gasteiger partial charge in [-0.3, -0.25) is 4.79 Å². The van der Waals surface area contributed by atoms with Crippen LogP contribution in [0, 0.1) is 0 Å². The van der Waals surface area contributed by atoms with Gasteiger partial charge in [-0.15, -0.1) is 0 Å². The van der Waals surface area contributed by atoms with Crippen molar-refractivity contribution in [2.24, 2.45) is 0 Å². The lowest BCUT2D eigenvalue weighted by Crippen LogP contribution is -2.32. The van der Waals surface area contributed by atoms with Crippen LogP contribution in [-0.2, 0) is 4.79 Å². The second-order valence-electron chi connectivity index (χ2n) is 5.41. The lowest BCUT2D eigenvalue weighted by Gasteiger charge is -2.31. The van der Waals surface area contributed by atoms with E-state index in [2.05, 4.69) is 64.4 Å². The molecule has 0 aromatic heterocycles. The number of halogens is 1. The zero-order valence-corrected chi connectivity index (χ0v) is 14.8. The van der Waals surface area contributed by atoms with E-state index in [-0.39, 0.29) is 11.9 Å². The normalized spacial score (nSPS) is 18.3. The molecule has 0 saturated heterocycles. The maximum Gasteiger partial charge on any atom is 0.246 e. The number of carbonyl (C=O) groups is 1. The summed E-state index contributed by atoms with van der Waals surface area (Å²) in [6, 6.07) is 4.38. The molecule has 1 aliphatic heterocycles. The molecule has 1 aromatic carbocycles. The second-order valence-corrected chi connectivity index (χ2v) is 6.27. The van der Waals surface area contributed by atoms with Gasteiger partial charge in [0, 0.05) is 28.3 Å². The van der Waals surface area contributed by atoms with Gasteiger partial charge in [-0.25, -0.2) is 0 Å². The molecule has 4 nitrogen and oxygen atoms in total. The molecule has 2 N–H and O–H groups in total. The number of benzene rings is 1. The minimum Gasteiger partial charge on any atom is -0.368 e. The predicted octanol–water partition coefficient (Wildman–Crippen LogP) is 3.68. The molecule has 1 amide bonds. The van der Waals surface area contributed by atoms with Crippen LogP contribution in [0.2, 0.25) is 0 Å². The van der Waals surface area contributed by atoms with Crippen LogP contribution in [0.15, 0.2) is 16.6 Å². The first-order valence-corrected chi connectivity index (χ1v) is 8.47. The molecule has 0 spiro atoms. The highest BCUT2D eigenvalue weighted by atomic mass is 79.9. The minimum atomic E-state index is -0.242. The zero-order chi connectivity index (χ0) is 15.6. The molecule has 1 heterocycles. The molecule has 0 aliphatic carbocycles. The molecule has 2 rings (SSSR count). The van der Waals surface area contributed by atoms with Crippen molar-refractivity contribution in [2.45, 2.75) is 46.2 Å². The number of nitrogens with one attached hydrogen (secondary N) is 2. The summed E-state index contributed by atoms with van der Waals surface area (Å²) in [5.41, 5.74) is 3.09. The number of carbonyl (C=O) groups excluding carboxylic acids is 1. The first-order chi connectivity index (χ1) is 10.0. The van der Waals surface area contributed by atoms with Gasteiger partial charge in [0.15, 0.2) is 0 Å². The van der Waals surface area contributed by atoms with Crippen molar-refractivity contribution in [1.82, 2.24) is 5.32 Å². The highest BCUT2D eigenvalue weighted by Crippen LogP contribution is 2.39. The molecule has 0 saturated carbocycles. The average molecular weight is 354 g/mol. The van der Waals surface area contributed by atoms with Crippen molar-refractivity contribution in [3.8, 4) is 0 Å². The van der Waals surface area contributed by atoms with Crippen LogP contribution in [0.5, 0.6) is 0 Å². The predicted molar refractivity (Wildman–Crippen MR) is 92.0 cm³/mol. The summed E-state index contributed by atoms with van der Waals surface area (Å²) < 4.78 is 1.04. The summed E-state index contributed by atoms with van der Waals surface area (Å²) in [5.74, 6) is 0.0301. The van der Waals surface area contributed by atoms with Crippen LogP contribution in [0.3, 0.4) is 0 Å². The van der Waals surface area contributed by atoms with E-state index in [0.717, 1.165) is 40.9 Å². The van der Waals surface area contributed by atoms with Gasteiger partial charge >= 0.3 is 0 Å². The van der Waals surface area contributed by atoms with Crippen molar-refractivity contribution in [3.05, 3.63) is 22.2 Å². The fourth-order valence-electron chi connectivity index (χ4n) is 2.84. The third-order valence-corrected chi connectivity index (χ3v) is 4.77. The van der Waals surface area contributed by atoms with Crippen molar-refractivity contribution < 1.29 is 4.79 Å². The van der Waals surface area contributed by atoms with Crippen LogP contribution < -0.4 is 15.5 Å². The Labute approximate surface area is 135 Å². The molecule has 0 radical (unpaired) electrons. The van der Waals surface area contributed by atoms with Gasteiger partial charge in [0.05, 0.1) is 5.69 Å². The first-order valence-electron chi connectivity index (χ1n) is 7.67. The smallest absolute Gasteiger partial charge is 0.246 e. The molecule has 2 atom stereocenters. The molecule has 5 heteroatoms. The number of rotatable bonds is 6. The Balaban J connectivity index is 2.41. The van der Waals surface area contributed by atoms with Gasteiger partial charge in [-0.2, -0.15) is 0 Å². The third kappa shape index (κ3) is 3.09. The Morgan fingerprint density at radius 2 is 2.10 bits per heavy atom. The number of nitrogens with zero attached hydrogens (tertiary/aromatic N) is 1. The number of amides is 1. The number of hydrogen-bond donors (Lipinski definition) is 2. The molecule has 1 aromatic rings. The van der Waals surface area contributed by atoms with E-state index in [4.69, 9.17) is 0 Å². The number of likely N-dealkylation sites (N-methyl/N-ethyl adjacent to an activating group) is 1. The standard InChI is InChI=1S/C16H24BrN3O/c1-5-10(4)20(7-3)14-9-13-11(8-12(14)17)15(18-6-2)16(21)19-13/h8-10,15,18H,5-7H2,1-4H3,(H,19,21). The quantitative estimate of drug-likeness (QED) is 0.819. The molecular weight excluding hydrogens is 330 g/mol. The van der Waals surface area contributed by atoms with Crippen LogP contribution >= 0.6 is 15.9 Å². The van der Waals surface area contributed by atoms with E-state index in [0.29, 0.717) is 6.04 Å². The Morgan fingerprint density at radius 3 is 2.67 bits per heavy atom. The molecule has 0 bridgehead atoms. The van der Waals surface area contributed by atoms with Gasteiger partial charge in [-0.1, -0.05) is 13.8 Å². The van der Waals surface area contributed by atoms with Gasteiger partial charge in [0.1, 0.15) is 6.04 Å². The fraction of sp³-hybridized carbons (Fsp3) is 0.562. The zero-order valence-electron chi connectivity index (χ0n) is 13.2. The van der Waals surface area contributed by atoms with Crippen LogP contribution in [0.25, 0.3) is 0 Å². The molecular formula is C16H24BrN3O. The summed E-state index contributed by atoms with van der Waals surface area (Å²) in [5, 5.41) is 6.21. The Kier molecular flexibility index (Phi) is 5.27. The second kappa shape index (κ2) is 6.79. The van der Waals surface area contributed by atoms with Crippen molar-refractivity contribution in [3.63, 3.8) is 0 Å². The van der Waals surface area contributed by atoms with Gasteiger partial charge < -0.3 is 15.5 Å². The molecule has 116 valence electrons. The van der Waals surface area contributed by atoms with Gasteiger partial charge in [-0.05, 0) is 54.9 Å². The van der Waals surface area contributed by atoms with E-state index in [1.54, 1.807) is 0 Å². The molecule has 0 fully saturated rings. The summed E-state index contributed by atoms with van der Waals surface area (Å²) in [6.45, 7) is 10.3. The summed E-state index contributed by atoms with van der Waals surface area (Å²) in [7, 11) is 0. The number of fused-ring (bicyclic) bond motifs is 1. The van der Waals surface area contributed by atoms with E-state index in [1.807, 2.05) is 6.92 Å². The van der Waals surface area contributed by atoms with E-state index in [9.17, 15) is 4.79 Å². The Hall–Kier alpha value is -1.07. The molecule has 21 heavy (non-hydrogen) atoms. The van der Waals surface area contributed by atoms with Crippen molar-refractivity contribution >= 4 is 33.2 Å². The van der Waals surface area contributed by atoms with Crippen LogP contribution in [0.4, 0.5) is 11.4 Å². The van der Waals surface area contributed by atoms with E-state index < -0.39 is 0 Å². The molecule has 2 unspecified atom stereocenters. The maximum absolute atomic E-state index is 12.1. The van der Waals surface area contributed by atoms with E-state index in [1.165, 1.54) is 0 Å². The lowest BCUT2D eigenvalue weighted by molar-refractivity contribution is -0.117. The minimum absolute atomic E-state index is 0.0301. The third-order valence-electron chi connectivity index (χ3n) is 4.13. The lowest BCUT2D eigenvalue weighted by atomic mass is 10.1. The maximum atomic E-state index is 12.1. The average Bonchev–Trinajstić information content (AvgIpc) is 2.76. The highest BCUT2D eigenvalue weighted by Gasteiger charge is 2.31. The monoisotopic (exact) mass is 353 g/mol. The van der Waals surface area contributed by atoms with Crippen molar-refractivity contribution in [2.75, 3.05) is 23.3 Å². The fourth-order valence-corrected chi connectivity index (χ4v) is 3.43. The molecule has 1 aliphatic rings. The Bertz CT molecular complexity index is 532.